The number of likely N-dealkylation sites (N-methyl/N-ethyl adjacent to an activating group) is 1. The van der Waals surface area contributed by atoms with Gasteiger partial charge in [-0.05, 0) is 44.0 Å². The van der Waals surface area contributed by atoms with Crippen molar-refractivity contribution in [2.45, 2.75) is 33.7 Å². The number of aliphatic imine (C=N–C) groups is 1. The largest absolute Gasteiger partial charge is 0.497 e. The van der Waals surface area contributed by atoms with Crippen LogP contribution in [0.5, 0.6) is 5.75 Å². The minimum atomic E-state index is -0.621. The van der Waals surface area contributed by atoms with Crippen LogP contribution in [0.4, 0.5) is 10.7 Å². The molecule has 0 N–H and O–H groups in total. The van der Waals surface area contributed by atoms with Crippen LogP contribution in [0.15, 0.2) is 29.3 Å². The zero-order chi connectivity index (χ0) is 21.0. The fourth-order valence-electron chi connectivity index (χ4n) is 4.01. The molecule has 152 valence electrons. The first-order valence-corrected chi connectivity index (χ1v) is 9.71. The van der Waals surface area contributed by atoms with E-state index in [1.54, 1.807) is 14.2 Å². The van der Waals surface area contributed by atoms with Crippen molar-refractivity contribution in [3.05, 3.63) is 35.7 Å². The van der Waals surface area contributed by atoms with Crippen LogP contribution in [0.1, 0.15) is 31.3 Å². The topological polar surface area (TPSA) is 71.0 Å². The molecule has 1 unspecified atom stereocenters. The number of carbonyl (C=O) groups is 2. The lowest BCUT2D eigenvalue weighted by Crippen LogP contribution is -2.63. The van der Waals surface area contributed by atoms with E-state index in [0.717, 1.165) is 22.8 Å². The van der Waals surface area contributed by atoms with Gasteiger partial charge in [0.2, 0.25) is 11.9 Å². The molecule has 8 nitrogen and oxygen atoms in total. The van der Waals surface area contributed by atoms with Crippen LogP contribution >= 0.6 is 0 Å². The Hall–Kier alpha value is -3.16. The maximum Gasteiger partial charge on any atom is 0.407 e. The SMILES string of the molecule is COc1ccc(-n2c(C)c(C)[n+]3c2N=C2C3C(=O)N(CC(C)C)C(=O)N2C)cc1. The van der Waals surface area contributed by atoms with E-state index in [0.29, 0.717) is 18.3 Å². The third-order valence-electron chi connectivity index (χ3n) is 5.59. The highest BCUT2D eigenvalue weighted by Crippen LogP contribution is 2.33. The number of methoxy groups -OCH3 is 1. The summed E-state index contributed by atoms with van der Waals surface area (Å²) in [5.74, 6) is 1.85. The monoisotopic (exact) mass is 396 g/mol. The highest BCUT2D eigenvalue weighted by molar-refractivity contribution is 6.19. The average Bonchev–Trinajstić information content (AvgIpc) is 3.19. The quantitative estimate of drug-likeness (QED) is 0.746. The van der Waals surface area contributed by atoms with Crippen molar-refractivity contribution in [1.29, 1.82) is 0 Å². The fraction of sp³-hybridized carbons (Fsp3) is 0.429. The molecule has 1 atom stereocenters. The number of amidine groups is 1. The van der Waals surface area contributed by atoms with Gasteiger partial charge in [-0.1, -0.05) is 18.8 Å². The summed E-state index contributed by atoms with van der Waals surface area (Å²) in [4.78, 5) is 33.7. The van der Waals surface area contributed by atoms with Gasteiger partial charge in [0.25, 0.3) is 5.91 Å². The molecule has 4 rings (SSSR count). The molecule has 3 amide bonds. The lowest BCUT2D eigenvalue weighted by Gasteiger charge is -2.34. The molecule has 8 heteroatoms. The normalized spacial score (nSPS) is 18.3. The van der Waals surface area contributed by atoms with Crippen molar-refractivity contribution in [3.63, 3.8) is 0 Å². The number of rotatable bonds is 4. The zero-order valence-electron chi connectivity index (χ0n) is 17.6. The number of amides is 3. The summed E-state index contributed by atoms with van der Waals surface area (Å²) in [7, 11) is 3.31. The van der Waals surface area contributed by atoms with Crippen molar-refractivity contribution < 1.29 is 18.9 Å². The lowest BCUT2D eigenvalue weighted by atomic mass is 10.1. The van der Waals surface area contributed by atoms with E-state index in [4.69, 9.17) is 9.73 Å². The van der Waals surface area contributed by atoms with Crippen molar-refractivity contribution in [1.82, 2.24) is 14.4 Å². The van der Waals surface area contributed by atoms with Crippen LogP contribution in [0, 0.1) is 19.8 Å². The number of imide groups is 1. The number of fused-ring (bicyclic) bond motifs is 3. The van der Waals surface area contributed by atoms with Gasteiger partial charge in [0, 0.05) is 13.6 Å². The predicted molar refractivity (Wildman–Crippen MR) is 108 cm³/mol. The average molecular weight is 396 g/mol. The van der Waals surface area contributed by atoms with Crippen LogP contribution < -0.4 is 9.30 Å². The zero-order valence-corrected chi connectivity index (χ0v) is 17.6. The van der Waals surface area contributed by atoms with Gasteiger partial charge in [0.05, 0.1) is 7.11 Å². The molecule has 2 aliphatic rings. The molecule has 0 radical (unpaired) electrons. The summed E-state index contributed by atoms with van der Waals surface area (Å²) in [5, 5.41) is 0. The van der Waals surface area contributed by atoms with Gasteiger partial charge < -0.3 is 4.74 Å². The minimum absolute atomic E-state index is 0.187. The van der Waals surface area contributed by atoms with E-state index >= 15 is 0 Å². The third kappa shape index (κ3) is 2.73. The first-order chi connectivity index (χ1) is 13.8. The number of benzene rings is 1. The maximum absolute atomic E-state index is 13.3. The molecule has 1 aromatic heterocycles. The molecule has 3 heterocycles. The van der Waals surface area contributed by atoms with Crippen LogP contribution in [0.2, 0.25) is 0 Å². The molecule has 1 fully saturated rings. The molecular formula is C21H26N5O3+. The summed E-state index contributed by atoms with van der Waals surface area (Å²) >= 11 is 0. The Kier molecular flexibility index (Phi) is 4.44. The molecular weight excluding hydrogens is 370 g/mol. The molecule has 0 spiro atoms. The van der Waals surface area contributed by atoms with E-state index in [1.807, 2.05) is 61.1 Å². The number of aromatic nitrogens is 2. The highest BCUT2D eigenvalue weighted by atomic mass is 16.5. The van der Waals surface area contributed by atoms with Crippen LogP contribution in [0.3, 0.4) is 0 Å². The second kappa shape index (κ2) is 6.72. The number of nitrogens with zero attached hydrogens (tertiary/aromatic N) is 5. The van der Waals surface area contributed by atoms with Gasteiger partial charge in [0.1, 0.15) is 22.8 Å². The summed E-state index contributed by atoms with van der Waals surface area (Å²) in [5.41, 5.74) is 2.86. The van der Waals surface area contributed by atoms with E-state index in [2.05, 4.69) is 0 Å². The molecule has 1 aromatic carbocycles. The number of ether oxygens (including phenoxy) is 1. The second-order valence-electron chi connectivity index (χ2n) is 7.93. The van der Waals surface area contributed by atoms with Crippen molar-refractivity contribution in [2.24, 2.45) is 10.9 Å². The third-order valence-corrected chi connectivity index (χ3v) is 5.59. The first-order valence-electron chi connectivity index (χ1n) is 9.71. The van der Waals surface area contributed by atoms with Gasteiger partial charge in [-0.25, -0.2) is 9.36 Å². The Labute approximate surface area is 170 Å². The Bertz CT molecular complexity index is 1040. The van der Waals surface area contributed by atoms with Crippen LogP contribution in [-0.4, -0.2) is 52.8 Å². The number of urea groups is 1. The Morgan fingerprint density at radius 1 is 1.17 bits per heavy atom. The smallest absolute Gasteiger partial charge is 0.407 e. The van der Waals surface area contributed by atoms with Gasteiger partial charge in [-0.15, -0.1) is 0 Å². The molecule has 2 aliphatic heterocycles. The van der Waals surface area contributed by atoms with E-state index in [1.165, 1.54) is 9.80 Å². The summed E-state index contributed by atoms with van der Waals surface area (Å²) in [6.45, 7) is 8.36. The number of carbonyl (C=O) groups excluding carboxylic acids is 2. The maximum atomic E-state index is 13.3. The predicted octanol–water partition coefficient (Wildman–Crippen LogP) is 2.52. The lowest BCUT2D eigenvalue weighted by molar-refractivity contribution is -0.682. The summed E-state index contributed by atoms with van der Waals surface area (Å²) < 4.78 is 9.21. The minimum Gasteiger partial charge on any atom is -0.497 e. The molecule has 0 aliphatic carbocycles. The van der Waals surface area contributed by atoms with Gasteiger partial charge in [0.15, 0.2) is 0 Å². The summed E-state index contributed by atoms with van der Waals surface area (Å²) in [6.07, 6.45) is 0. The van der Waals surface area contributed by atoms with E-state index in [-0.39, 0.29) is 17.9 Å². The molecule has 0 saturated carbocycles. The highest BCUT2D eigenvalue weighted by Gasteiger charge is 2.54. The Morgan fingerprint density at radius 2 is 1.83 bits per heavy atom. The standard InChI is InChI=1S/C21H26N5O3/c1-12(2)11-24-19(27)17-18(23(5)21(24)28)22-20-25(13(3)14(4)26(17)20)15-7-9-16(29-6)10-8-15/h7-10,12,17H,11H2,1-6H3/q+1. The summed E-state index contributed by atoms with van der Waals surface area (Å²) in [6, 6.07) is 6.74. The van der Waals surface area contributed by atoms with Crippen molar-refractivity contribution >= 4 is 23.7 Å². The number of hydrogen-bond acceptors (Lipinski definition) is 4. The molecule has 0 bridgehead atoms. The number of hydrogen-bond donors (Lipinski definition) is 0. The van der Waals surface area contributed by atoms with Crippen LogP contribution in [0.25, 0.3) is 5.69 Å². The van der Waals surface area contributed by atoms with Crippen LogP contribution in [-0.2, 0) is 4.79 Å². The Balaban J connectivity index is 1.86. The molecule has 29 heavy (non-hydrogen) atoms. The Morgan fingerprint density at radius 3 is 2.41 bits per heavy atom. The van der Waals surface area contributed by atoms with Crippen molar-refractivity contribution in [2.75, 3.05) is 20.7 Å². The van der Waals surface area contributed by atoms with Gasteiger partial charge in [-0.2, -0.15) is 4.57 Å². The number of imidazole rings is 1. The van der Waals surface area contributed by atoms with Crippen molar-refractivity contribution in [3.8, 4) is 11.4 Å². The molecule has 1 saturated heterocycles. The van der Waals surface area contributed by atoms with E-state index in [9.17, 15) is 9.59 Å². The second-order valence-corrected chi connectivity index (χ2v) is 7.93. The van der Waals surface area contributed by atoms with Gasteiger partial charge >= 0.3 is 12.0 Å². The fourth-order valence-corrected chi connectivity index (χ4v) is 4.01. The molecule has 2 aromatic rings. The van der Waals surface area contributed by atoms with E-state index < -0.39 is 6.04 Å². The van der Waals surface area contributed by atoms with Gasteiger partial charge in [-0.3, -0.25) is 14.6 Å². The first kappa shape index (κ1) is 19.2.